The number of fused-ring (bicyclic) bond motifs is 1. The number of benzene rings is 1. The van der Waals surface area contributed by atoms with E-state index in [1.165, 1.54) is 13.2 Å². The molecule has 3 rings (SSSR count). The van der Waals surface area contributed by atoms with Gasteiger partial charge in [0.05, 0.1) is 25.2 Å². The van der Waals surface area contributed by atoms with Crippen LogP contribution < -0.4 is 19.1 Å². The summed E-state index contributed by atoms with van der Waals surface area (Å²) in [4.78, 5) is 14.2. The van der Waals surface area contributed by atoms with Gasteiger partial charge in [0.15, 0.2) is 5.82 Å². The number of aromatic nitrogens is 3. The van der Waals surface area contributed by atoms with Gasteiger partial charge in [-0.2, -0.15) is 15.0 Å². The Labute approximate surface area is 146 Å². The molecule has 0 unspecified atom stereocenters. The lowest BCUT2D eigenvalue weighted by molar-refractivity contribution is 0.356. The molecule has 1 aliphatic rings. The Bertz CT molecular complexity index is 885. The zero-order valence-corrected chi connectivity index (χ0v) is 15.0. The predicted molar refractivity (Wildman–Crippen MR) is 90.4 cm³/mol. The third-order valence-electron chi connectivity index (χ3n) is 3.62. The molecule has 0 aliphatic carbocycles. The first-order valence-electron chi connectivity index (χ1n) is 7.61. The van der Waals surface area contributed by atoms with Crippen LogP contribution in [0.1, 0.15) is 11.4 Å². The minimum absolute atomic E-state index is 0.0738. The van der Waals surface area contributed by atoms with Crippen LogP contribution in [-0.4, -0.2) is 51.2 Å². The van der Waals surface area contributed by atoms with E-state index in [4.69, 9.17) is 9.47 Å². The van der Waals surface area contributed by atoms with E-state index in [2.05, 4.69) is 19.7 Å². The van der Waals surface area contributed by atoms with Gasteiger partial charge in [-0.05, 0) is 23.8 Å². The zero-order valence-electron chi connectivity index (χ0n) is 14.2. The largest absolute Gasteiger partial charge is 0.493 e. The topological polar surface area (TPSA) is 107 Å². The van der Waals surface area contributed by atoms with Crippen LogP contribution in [0.3, 0.4) is 0 Å². The minimum Gasteiger partial charge on any atom is -0.493 e. The molecule has 0 amide bonds. The molecule has 1 N–H and O–H groups in total. The van der Waals surface area contributed by atoms with Crippen LogP contribution in [0.5, 0.6) is 11.8 Å². The van der Waals surface area contributed by atoms with Crippen LogP contribution in [0.15, 0.2) is 23.1 Å². The monoisotopic (exact) mass is 365 g/mol. The summed E-state index contributed by atoms with van der Waals surface area (Å²) in [6.45, 7) is 0.500. The maximum atomic E-state index is 12.5. The van der Waals surface area contributed by atoms with Gasteiger partial charge in [0.1, 0.15) is 5.75 Å². The fourth-order valence-electron chi connectivity index (χ4n) is 2.33. The quantitative estimate of drug-likeness (QED) is 0.782. The van der Waals surface area contributed by atoms with Crippen molar-refractivity contribution in [3.63, 3.8) is 0 Å². The molecule has 0 radical (unpaired) electrons. The van der Waals surface area contributed by atoms with Crippen LogP contribution >= 0.6 is 0 Å². The number of sulfonamides is 1. The van der Waals surface area contributed by atoms with Gasteiger partial charge in [-0.25, -0.2) is 13.1 Å². The van der Waals surface area contributed by atoms with Gasteiger partial charge in [-0.3, -0.25) is 0 Å². The van der Waals surface area contributed by atoms with E-state index in [1.54, 1.807) is 31.1 Å². The number of hydrogen-bond acceptors (Lipinski definition) is 8. The molecule has 0 saturated heterocycles. The van der Waals surface area contributed by atoms with Crippen LogP contribution in [0.4, 0.5) is 5.95 Å². The van der Waals surface area contributed by atoms with Crippen molar-refractivity contribution in [2.45, 2.75) is 17.9 Å². The molecule has 9 nitrogen and oxygen atoms in total. The number of ether oxygens (including phenoxy) is 2. The molecule has 25 heavy (non-hydrogen) atoms. The summed E-state index contributed by atoms with van der Waals surface area (Å²) in [5.41, 5.74) is 0.889. The highest BCUT2D eigenvalue weighted by molar-refractivity contribution is 7.89. The summed E-state index contributed by atoms with van der Waals surface area (Å²) in [5.74, 6) is 1.39. The van der Waals surface area contributed by atoms with Crippen LogP contribution in [-0.2, 0) is 23.0 Å². The molecule has 1 aliphatic heterocycles. The Morgan fingerprint density at radius 1 is 1.28 bits per heavy atom. The van der Waals surface area contributed by atoms with Crippen molar-refractivity contribution in [2.75, 3.05) is 32.7 Å². The molecular formula is C15H19N5O4S. The molecule has 0 saturated carbocycles. The van der Waals surface area contributed by atoms with Crippen LogP contribution in [0, 0.1) is 0 Å². The van der Waals surface area contributed by atoms with Gasteiger partial charge in [-0.1, -0.05) is 0 Å². The lowest BCUT2D eigenvalue weighted by Crippen LogP contribution is -2.25. The number of methoxy groups -OCH3 is 1. The van der Waals surface area contributed by atoms with E-state index in [9.17, 15) is 8.42 Å². The van der Waals surface area contributed by atoms with Gasteiger partial charge < -0.3 is 14.4 Å². The van der Waals surface area contributed by atoms with Crippen LogP contribution in [0.2, 0.25) is 0 Å². The second-order valence-corrected chi connectivity index (χ2v) is 7.39. The number of nitrogens with one attached hydrogen (secondary N) is 1. The highest BCUT2D eigenvalue weighted by atomic mass is 32.2. The first-order valence-corrected chi connectivity index (χ1v) is 9.09. The highest BCUT2D eigenvalue weighted by Gasteiger charge is 2.20. The van der Waals surface area contributed by atoms with Crippen molar-refractivity contribution in [1.82, 2.24) is 19.7 Å². The molecule has 0 fully saturated rings. The van der Waals surface area contributed by atoms with Crippen molar-refractivity contribution in [3.8, 4) is 11.8 Å². The molecule has 10 heteroatoms. The van der Waals surface area contributed by atoms with Gasteiger partial charge in [0, 0.05) is 20.5 Å². The standard InChI is InChI=1S/C15H19N5O4S/c1-20(2)14-17-13(18-15(19-14)23-3)9-16-25(21,22)11-4-5-12-10(8-11)6-7-24-12/h4-5,8,16H,6-7,9H2,1-3H3. The van der Waals surface area contributed by atoms with E-state index in [-0.39, 0.29) is 23.3 Å². The Morgan fingerprint density at radius 2 is 2.08 bits per heavy atom. The van der Waals surface area contributed by atoms with Crippen molar-refractivity contribution in [2.24, 2.45) is 0 Å². The normalized spacial score (nSPS) is 13.2. The van der Waals surface area contributed by atoms with E-state index in [1.807, 2.05) is 0 Å². The average molecular weight is 365 g/mol. The Hall–Kier alpha value is -2.46. The molecule has 1 aromatic carbocycles. The Morgan fingerprint density at radius 3 is 2.80 bits per heavy atom. The average Bonchev–Trinajstić information content (AvgIpc) is 3.07. The lowest BCUT2D eigenvalue weighted by atomic mass is 10.2. The summed E-state index contributed by atoms with van der Waals surface area (Å²) in [6, 6.07) is 4.95. The maximum absolute atomic E-state index is 12.5. The van der Waals surface area contributed by atoms with E-state index in [0.29, 0.717) is 19.0 Å². The highest BCUT2D eigenvalue weighted by Crippen LogP contribution is 2.27. The summed E-state index contributed by atoms with van der Waals surface area (Å²) in [5, 5.41) is 0. The van der Waals surface area contributed by atoms with Gasteiger partial charge in [0.2, 0.25) is 16.0 Å². The second kappa shape index (κ2) is 6.81. The zero-order chi connectivity index (χ0) is 18.0. The summed E-state index contributed by atoms with van der Waals surface area (Å²) in [7, 11) is 1.29. The first kappa shape index (κ1) is 17.4. The molecule has 2 heterocycles. The second-order valence-electron chi connectivity index (χ2n) is 5.63. The van der Waals surface area contributed by atoms with E-state index in [0.717, 1.165) is 11.3 Å². The predicted octanol–water partition coefficient (Wildman–Crippen LogP) is 0.360. The van der Waals surface area contributed by atoms with Gasteiger partial charge in [0.25, 0.3) is 0 Å². The van der Waals surface area contributed by atoms with Crippen molar-refractivity contribution in [1.29, 1.82) is 0 Å². The molecule has 0 bridgehead atoms. The number of nitrogens with zero attached hydrogens (tertiary/aromatic N) is 4. The number of hydrogen-bond donors (Lipinski definition) is 1. The lowest BCUT2D eigenvalue weighted by Gasteiger charge is -2.12. The molecule has 2 aromatic rings. The number of rotatable bonds is 6. The molecular weight excluding hydrogens is 346 g/mol. The van der Waals surface area contributed by atoms with E-state index >= 15 is 0 Å². The molecule has 1 aromatic heterocycles. The molecule has 0 spiro atoms. The fraction of sp³-hybridized carbons (Fsp3) is 0.400. The third kappa shape index (κ3) is 3.80. The molecule has 134 valence electrons. The fourth-order valence-corrected chi connectivity index (χ4v) is 3.36. The summed E-state index contributed by atoms with van der Waals surface area (Å²) >= 11 is 0. The maximum Gasteiger partial charge on any atom is 0.321 e. The summed E-state index contributed by atoms with van der Waals surface area (Å²) < 4.78 is 38.0. The smallest absolute Gasteiger partial charge is 0.321 e. The van der Waals surface area contributed by atoms with Gasteiger partial charge in [-0.15, -0.1) is 0 Å². The Kier molecular flexibility index (Phi) is 4.73. The number of anilines is 1. The minimum atomic E-state index is -3.69. The molecule has 0 atom stereocenters. The SMILES string of the molecule is COc1nc(CNS(=O)(=O)c2ccc3c(c2)CCO3)nc(N(C)C)n1. The van der Waals surface area contributed by atoms with Crippen molar-refractivity contribution in [3.05, 3.63) is 29.6 Å². The van der Waals surface area contributed by atoms with Crippen LogP contribution in [0.25, 0.3) is 0 Å². The first-order chi connectivity index (χ1) is 11.9. The van der Waals surface area contributed by atoms with E-state index < -0.39 is 10.0 Å². The Balaban J connectivity index is 1.79. The third-order valence-corrected chi connectivity index (χ3v) is 5.02. The summed E-state index contributed by atoms with van der Waals surface area (Å²) in [6.07, 6.45) is 0.704. The van der Waals surface area contributed by atoms with Crippen molar-refractivity contribution >= 4 is 16.0 Å². The van der Waals surface area contributed by atoms with Crippen molar-refractivity contribution < 1.29 is 17.9 Å². The van der Waals surface area contributed by atoms with Gasteiger partial charge >= 0.3 is 6.01 Å².